The first-order valence-corrected chi connectivity index (χ1v) is 8.77. The summed E-state index contributed by atoms with van der Waals surface area (Å²) in [7, 11) is 0. The number of nitrogens with two attached hydrogens (primary N) is 1. The maximum Gasteiger partial charge on any atom is 0.224 e. The molecule has 0 bridgehead atoms. The van der Waals surface area contributed by atoms with Crippen molar-refractivity contribution in [3.63, 3.8) is 0 Å². The van der Waals surface area contributed by atoms with Gasteiger partial charge in [-0.2, -0.15) is 0 Å². The fourth-order valence-corrected chi connectivity index (χ4v) is 3.08. The number of carbonyl (C=O) groups excluding carboxylic acids is 2. The number of hydrogen-bond acceptors (Lipinski definition) is 3. The minimum Gasteiger partial charge on any atom is -0.354 e. The van der Waals surface area contributed by atoms with Crippen molar-refractivity contribution in [1.29, 1.82) is 0 Å². The molecule has 2 unspecified atom stereocenters. The van der Waals surface area contributed by atoms with Gasteiger partial charge in [-0.1, -0.05) is 38.1 Å². The quantitative estimate of drug-likeness (QED) is 0.839. The average molecular weight is 368 g/mol. The van der Waals surface area contributed by atoms with Gasteiger partial charge in [0.15, 0.2) is 0 Å². The molecular weight excluding hydrogens is 338 g/mol. The first-order chi connectivity index (χ1) is 11.4. The maximum absolute atomic E-state index is 12.3. The Morgan fingerprint density at radius 3 is 2.40 bits per heavy atom. The van der Waals surface area contributed by atoms with Crippen LogP contribution in [0, 0.1) is 5.92 Å². The Morgan fingerprint density at radius 2 is 1.84 bits per heavy atom. The number of benzene rings is 1. The molecule has 1 saturated heterocycles. The van der Waals surface area contributed by atoms with Crippen molar-refractivity contribution < 1.29 is 9.59 Å². The molecule has 140 valence electrons. The Hall–Kier alpha value is -1.59. The molecule has 1 fully saturated rings. The van der Waals surface area contributed by atoms with E-state index < -0.39 is 0 Å². The number of carbonyl (C=O) groups is 2. The van der Waals surface area contributed by atoms with Gasteiger partial charge in [-0.05, 0) is 29.9 Å². The van der Waals surface area contributed by atoms with Crippen molar-refractivity contribution in [3.8, 4) is 0 Å². The molecule has 0 aromatic heterocycles. The van der Waals surface area contributed by atoms with E-state index in [2.05, 4.69) is 31.3 Å². The number of halogens is 1. The third-order valence-electron chi connectivity index (χ3n) is 4.77. The molecule has 2 atom stereocenters. The normalized spacial score (nSPS) is 18.4. The summed E-state index contributed by atoms with van der Waals surface area (Å²) in [6.45, 7) is 7.54. The van der Waals surface area contributed by atoms with Gasteiger partial charge in [0.05, 0.1) is 5.92 Å². The fourth-order valence-electron chi connectivity index (χ4n) is 3.08. The zero-order chi connectivity index (χ0) is 17.7. The predicted molar refractivity (Wildman–Crippen MR) is 103 cm³/mol. The first kappa shape index (κ1) is 21.5. The molecule has 1 aromatic rings. The van der Waals surface area contributed by atoms with E-state index in [1.54, 1.807) is 11.8 Å². The summed E-state index contributed by atoms with van der Waals surface area (Å²) < 4.78 is 0. The lowest BCUT2D eigenvalue weighted by molar-refractivity contribution is -0.133. The van der Waals surface area contributed by atoms with E-state index in [1.807, 2.05) is 12.1 Å². The number of nitrogens with one attached hydrogen (secondary N) is 1. The van der Waals surface area contributed by atoms with Crippen LogP contribution >= 0.6 is 12.4 Å². The number of rotatable bonds is 5. The number of amides is 2. The van der Waals surface area contributed by atoms with Crippen LogP contribution in [-0.4, -0.2) is 36.3 Å². The molecule has 1 aliphatic heterocycles. The maximum atomic E-state index is 12.3. The molecule has 5 nitrogen and oxygen atoms in total. The van der Waals surface area contributed by atoms with Crippen molar-refractivity contribution in [2.75, 3.05) is 19.6 Å². The predicted octanol–water partition coefficient (Wildman–Crippen LogP) is 2.61. The van der Waals surface area contributed by atoms with E-state index in [0.29, 0.717) is 19.0 Å². The Balaban J connectivity index is 0.00000312. The molecule has 0 saturated carbocycles. The topological polar surface area (TPSA) is 75.4 Å². The second-order valence-corrected chi connectivity index (χ2v) is 6.98. The zero-order valence-corrected chi connectivity index (χ0v) is 16.1. The highest BCUT2D eigenvalue weighted by Gasteiger charge is 2.27. The highest BCUT2D eigenvalue weighted by molar-refractivity contribution is 5.85. The average Bonchev–Trinajstić information content (AvgIpc) is 2.59. The molecule has 1 aromatic carbocycles. The standard InChI is InChI=1S/C19H29N3O2.ClH/c1-13(2)15-6-8-16(9-7-15)18(20)11-21-19(24)17-5-4-10-22(12-17)14(3)23;/h6-9,13,17-18H,4-5,10-12,20H2,1-3H3,(H,21,24);1H. The highest BCUT2D eigenvalue weighted by Crippen LogP contribution is 2.19. The van der Waals surface area contributed by atoms with Crippen LogP contribution in [0.15, 0.2) is 24.3 Å². The van der Waals surface area contributed by atoms with Gasteiger partial charge in [0, 0.05) is 32.6 Å². The molecule has 2 rings (SSSR count). The van der Waals surface area contributed by atoms with Crippen molar-refractivity contribution in [2.45, 2.75) is 45.6 Å². The van der Waals surface area contributed by atoms with Crippen LogP contribution < -0.4 is 11.1 Å². The summed E-state index contributed by atoms with van der Waals surface area (Å²) in [6.07, 6.45) is 1.70. The van der Waals surface area contributed by atoms with Crippen LogP contribution in [0.1, 0.15) is 56.7 Å². The summed E-state index contributed by atoms with van der Waals surface area (Å²) >= 11 is 0. The van der Waals surface area contributed by atoms with Crippen molar-refractivity contribution in [1.82, 2.24) is 10.2 Å². The van der Waals surface area contributed by atoms with Gasteiger partial charge in [-0.15, -0.1) is 12.4 Å². The lowest BCUT2D eigenvalue weighted by Gasteiger charge is -2.31. The Morgan fingerprint density at radius 1 is 1.24 bits per heavy atom. The molecule has 1 heterocycles. The zero-order valence-electron chi connectivity index (χ0n) is 15.3. The van der Waals surface area contributed by atoms with Gasteiger partial charge in [0.2, 0.25) is 11.8 Å². The van der Waals surface area contributed by atoms with Gasteiger partial charge < -0.3 is 16.0 Å². The second kappa shape index (κ2) is 9.78. The number of nitrogens with zero attached hydrogens (tertiary/aromatic N) is 1. The summed E-state index contributed by atoms with van der Waals surface area (Å²) in [5.74, 6) is 0.397. The van der Waals surface area contributed by atoms with Crippen LogP contribution in [0.4, 0.5) is 0 Å². The molecule has 0 spiro atoms. The Bertz CT molecular complexity index is 575. The molecular formula is C19H30ClN3O2. The summed E-state index contributed by atoms with van der Waals surface area (Å²) in [6, 6.07) is 8.03. The molecule has 0 radical (unpaired) electrons. The molecule has 6 heteroatoms. The molecule has 1 aliphatic rings. The van der Waals surface area contributed by atoms with Gasteiger partial charge in [-0.25, -0.2) is 0 Å². The number of likely N-dealkylation sites (tertiary alicyclic amines) is 1. The highest BCUT2D eigenvalue weighted by atomic mass is 35.5. The Kier molecular flexibility index (Phi) is 8.39. The smallest absolute Gasteiger partial charge is 0.224 e. The van der Waals surface area contributed by atoms with Gasteiger partial charge >= 0.3 is 0 Å². The van der Waals surface area contributed by atoms with E-state index in [-0.39, 0.29) is 36.2 Å². The lowest BCUT2D eigenvalue weighted by atomic mass is 9.96. The molecule has 25 heavy (non-hydrogen) atoms. The van der Waals surface area contributed by atoms with Crippen molar-refractivity contribution in [2.24, 2.45) is 11.7 Å². The van der Waals surface area contributed by atoms with E-state index in [0.717, 1.165) is 24.9 Å². The molecule has 2 amide bonds. The van der Waals surface area contributed by atoms with Crippen LogP contribution in [-0.2, 0) is 9.59 Å². The minimum absolute atomic E-state index is 0. The van der Waals surface area contributed by atoms with Crippen molar-refractivity contribution >= 4 is 24.2 Å². The third-order valence-corrected chi connectivity index (χ3v) is 4.77. The molecule has 3 N–H and O–H groups in total. The van der Waals surface area contributed by atoms with Crippen molar-refractivity contribution in [3.05, 3.63) is 35.4 Å². The fraction of sp³-hybridized carbons (Fsp3) is 0.579. The van der Waals surface area contributed by atoms with Crippen LogP contribution in [0.5, 0.6) is 0 Å². The first-order valence-electron chi connectivity index (χ1n) is 8.77. The monoisotopic (exact) mass is 367 g/mol. The second-order valence-electron chi connectivity index (χ2n) is 6.98. The van der Waals surface area contributed by atoms with Crippen LogP contribution in [0.3, 0.4) is 0 Å². The molecule has 0 aliphatic carbocycles. The Labute approximate surface area is 156 Å². The van der Waals surface area contributed by atoms with Gasteiger partial charge in [-0.3, -0.25) is 9.59 Å². The van der Waals surface area contributed by atoms with E-state index in [9.17, 15) is 9.59 Å². The van der Waals surface area contributed by atoms with E-state index in [4.69, 9.17) is 5.73 Å². The lowest BCUT2D eigenvalue weighted by Crippen LogP contribution is -2.45. The van der Waals surface area contributed by atoms with Gasteiger partial charge in [0.25, 0.3) is 0 Å². The van der Waals surface area contributed by atoms with Crippen LogP contribution in [0.2, 0.25) is 0 Å². The number of hydrogen-bond donors (Lipinski definition) is 2. The summed E-state index contributed by atoms with van der Waals surface area (Å²) in [5, 5.41) is 2.95. The largest absolute Gasteiger partial charge is 0.354 e. The van der Waals surface area contributed by atoms with Gasteiger partial charge in [0.1, 0.15) is 0 Å². The summed E-state index contributed by atoms with van der Waals surface area (Å²) in [5.41, 5.74) is 8.50. The third kappa shape index (κ3) is 6.01. The SMILES string of the molecule is CC(=O)N1CCCC(C(=O)NCC(N)c2ccc(C(C)C)cc2)C1.Cl. The van der Waals surface area contributed by atoms with E-state index in [1.165, 1.54) is 5.56 Å². The summed E-state index contributed by atoms with van der Waals surface area (Å²) in [4.78, 5) is 25.6. The van der Waals surface area contributed by atoms with Crippen LogP contribution in [0.25, 0.3) is 0 Å². The minimum atomic E-state index is -0.220. The van der Waals surface area contributed by atoms with E-state index >= 15 is 0 Å². The number of piperidine rings is 1.